The molecule has 3 rings (SSSR count). The third-order valence-corrected chi connectivity index (χ3v) is 4.07. The fourth-order valence-electron chi connectivity index (χ4n) is 2.69. The van der Waals surface area contributed by atoms with Crippen molar-refractivity contribution < 1.29 is 9.53 Å². The van der Waals surface area contributed by atoms with Crippen molar-refractivity contribution >= 4 is 5.78 Å². The lowest BCUT2D eigenvalue weighted by atomic mass is 10.1. The maximum Gasteiger partial charge on any atom is 0.167 e. The molecule has 2 fully saturated rings. The van der Waals surface area contributed by atoms with Gasteiger partial charge in [-0.05, 0) is 25.5 Å². The van der Waals surface area contributed by atoms with Crippen molar-refractivity contribution in [2.75, 3.05) is 26.2 Å². The summed E-state index contributed by atoms with van der Waals surface area (Å²) in [5.41, 5.74) is 0.866. The van der Waals surface area contributed by atoms with Crippen LogP contribution in [0.4, 0.5) is 0 Å². The number of nitrogens with zero attached hydrogens (tertiary/aromatic N) is 2. The van der Waals surface area contributed by atoms with Crippen molar-refractivity contribution in [2.24, 2.45) is 5.92 Å². The third kappa shape index (κ3) is 3.07. The van der Waals surface area contributed by atoms with Crippen LogP contribution in [0.5, 0.6) is 0 Å². The van der Waals surface area contributed by atoms with E-state index >= 15 is 0 Å². The van der Waals surface area contributed by atoms with Crippen LogP contribution in [0.1, 0.15) is 30.1 Å². The van der Waals surface area contributed by atoms with Gasteiger partial charge in [0.15, 0.2) is 5.78 Å². The van der Waals surface area contributed by atoms with Crippen molar-refractivity contribution in [1.29, 1.82) is 0 Å². The van der Waals surface area contributed by atoms with Crippen LogP contribution in [0, 0.1) is 5.92 Å². The monoisotopic (exact) mass is 262 g/mol. The highest BCUT2D eigenvalue weighted by molar-refractivity contribution is 5.99. The molecule has 1 aliphatic carbocycles. The van der Waals surface area contributed by atoms with Gasteiger partial charge in [0, 0.05) is 43.5 Å². The first-order valence-corrected chi connectivity index (χ1v) is 7.30. The standard InChI is InChI=1S/C15H22N2O2/c1-2-16-7-8-19-14(10-16)11-17-6-5-13(9-17)15(18)12-3-4-12/h5-6,9,12,14H,2-4,7-8,10-11H2,1H3. The minimum atomic E-state index is 0.241. The van der Waals surface area contributed by atoms with E-state index in [1.165, 1.54) is 0 Å². The van der Waals surface area contributed by atoms with Crippen LogP contribution in [0.25, 0.3) is 0 Å². The normalized spacial score (nSPS) is 24.6. The molecule has 1 aliphatic heterocycles. The highest BCUT2D eigenvalue weighted by atomic mass is 16.5. The Morgan fingerprint density at radius 2 is 2.32 bits per heavy atom. The Kier molecular flexibility index (Phi) is 3.71. The Bertz CT molecular complexity index is 451. The van der Waals surface area contributed by atoms with Crippen molar-refractivity contribution in [3.8, 4) is 0 Å². The number of morpholine rings is 1. The van der Waals surface area contributed by atoms with Crippen molar-refractivity contribution in [3.63, 3.8) is 0 Å². The molecule has 1 atom stereocenters. The largest absolute Gasteiger partial charge is 0.374 e. The number of aromatic nitrogens is 1. The summed E-state index contributed by atoms with van der Waals surface area (Å²) in [6.07, 6.45) is 6.37. The molecule has 1 saturated heterocycles. The minimum Gasteiger partial charge on any atom is -0.374 e. The molecule has 104 valence electrons. The zero-order chi connectivity index (χ0) is 13.2. The second kappa shape index (κ2) is 5.47. The van der Waals surface area contributed by atoms with Gasteiger partial charge in [-0.2, -0.15) is 0 Å². The molecule has 4 heteroatoms. The number of carbonyl (C=O) groups excluding carboxylic acids is 1. The smallest absolute Gasteiger partial charge is 0.167 e. The second-order valence-corrected chi connectivity index (χ2v) is 5.62. The van der Waals surface area contributed by atoms with Crippen molar-refractivity contribution in [1.82, 2.24) is 9.47 Å². The summed E-state index contributed by atoms with van der Waals surface area (Å²) >= 11 is 0. The maximum absolute atomic E-state index is 12.0. The van der Waals surface area contributed by atoms with Gasteiger partial charge in [-0.25, -0.2) is 0 Å². The lowest BCUT2D eigenvalue weighted by molar-refractivity contribution is -0.0342. The van der Waals surface area contributed by atoms with E-state index in [1.807, 2.05) is 18.5 Å². The van der Waals surface area contributed by atoms with Gasteiger partial charge in [0.2, 0.25) is 0 Å². The predicted octanol–water partition coefficient (Wildman–Crippen LogP) is 1.80. The lowest BCUT2D eigenvalue weighted by Gasteiger charge is -2.32. The van der Waals surface area contributed by atoms with Crippen molar-refractivity contribution in [2.45, 2.75) is 32.4 Å². The summed E-state index contributed by atoms with van der Waals surface area (Å²) in [5, 5.41) is 0. The number of ether oxygens (including phenoxy) is 1. The van der Waals surface area contributed by atoms with Gasteiger partial charge in [0.1, 0.15) is 0 Å². The van der Waals surface area contributed by atoms with E-state index in [0.717, 1.165) is 51.2 Å². The van der Waals surface area contributed by atoms with E-state index in [0.29, 0.717) is 11.7 Å². The van der Waals surface area contributed by atoms with E-state index in [1.54, 1.807) is 0 Å². The van der Waals surface area contributed by atoms with E-state index in [-0.39, 0.29) is 6.10 Å². The van der Waals surface area contributed by atoms with Crippen LogP contribution >= 0.6 is 0 Å². The van der Waals surface area contributed by atoms with Crippen LogP contribution < -0.4 is 0 Å². The van der Waals surface area contributed by atoms with Gasteiger partial charge in [0.05, 0.1) is 12.7 Å². The van der Waals surface area contributed by atoms with E-state index in [4.69, 9.17) is 4.74 Å². The average molecular weight is 262 g/mol. The van der Waals surface area contributed by atoms with Gasteiger partial charge >= 0.3 is 0 Å². The molecule has 0 radical (unpaired) electrons. The molecular formula is C15H22N2O2. The highest BCUT2D eigenvalue weighted by Crippen LogP contribution is 2.32. The predicted molar refractivity (Wildman–Crippen MR) is 73.3 cm³/mol. The lowest BCUT2D eigenvalue weighted by Crippen LogP contribution is -2.43. The molecule has 1 unspecified atom stereocenters. The van der Waals surface area contributed by atoms with Crippen molar-refractivity contribution in [3.05, 3.63) is 24.0 Å². The van der Waals surface area contributed by atoms with Crippen LogP contribution in [-0.2, 0) is 11.3 Å². The number of ketones is 1. The van der Waals surface area contributed by atoms with Crippen LogP contribution in [0.3, 0.4) is 0 Å². The van der Waals surface area contributed by atoms with Crippen LogP contribution in [-0.4, -0.2) is 47.6 Å². The molecule has 1 aromatic rings. The SMILES string of the molecule is CCN1CCOC(Cn2ccc(C(=O)C3CC3)c2)C1. The fourth-order valence-corrected chi connectivity index (χ4v) is 2.69. The molecule has 0 aromatic carbocycles. The van der Waals surface area contributed by atoms with Gasteiger partial charge in [-0.3, -0.25) is 9.69 Å². The quantitative estimate of drug-likeness (QED) is 0.759. The number of likely N-dealkylation sites (N-methyl/N-ethyl adjacent to an activating group) is 1. The molecule has 0 bridgehead atoms. The molecule has 19 heavy (non-hydrogen) atoms. The summed E-state index contributed by atoms with van der Waals surface area (Å²) in [6, 6.07) is 1.95. The topological polar surface area (TPSA) is 34.5 Å². The van der Waals surface area contributed by atoms with E-state index in [9.17, 15) is 4.79 Å². The summed E-state index contributed by atoms with van der Waals surface area (Å²) in [6.45, 7) is 6.94. The zero-order valence-corrected chi connectivity index (χ0v) is 11.5. The van der Waals surface area contributed by atoms with E-state index < -0.39 is 0 Å². The molecule has 0 N–H and O–H groups in total. The number of rotatable bonds is 5. The molecular weight excluding hydrogens is 240 g/mol. The average Bonchev–Trinajstić information content (AvgIpc) is 3.19. The Hall–Kier alpha value is -1.13. The highest BCUT2D eigenvalue weighted by Gasteiger charge is 2.30. The van der Waals surface area contributed by atoms with Crippen LogP contribution in [0.15, 0.2) is 18.5 Å². The molecule has 2 heterocycles. The number of hydrogen-bond acceptors (Lipinski definition) is 3. The Balaban J connectivity index is 1.58. The van der Waals surface area contributed by atoms with E-state index in [2.05, 4.69) is 16.4 Å². The summed E-state index contributed by atoms with van der Waals surface area (Å²) in [4.78, 5) is 14.4. The molecule has 1 aromatic heterocycles. The summed E-state index contributed by atoms with van der Waals surface area (Å²) in [7, 11) is 0. The minimum absolute atomic E-state index is 0.241. The Labute approximate surface area is 114 Å². The number of carbonyl (C=O) groups is 1. The zero-order valence-electron chi connectivity index (χ0n) is 11.5. The second-order valence-electron chi connectivity index (χ2n) is 5.62. The Morgan fingerprint density at radius 1 is 1.47 bits per heavy atom. The maximum atomic E-state index is 12.0. The molecule has 2 aliphatic rings. The number of hydrogen-bond donors (Lipinski definition) is 0. The van der Waals surface area contributed by atoms with Gasteiger partial charge in [0.25, 0.3) is 0 Å². The van der Waals surface area contributed by atoms with Gasteiger partial charge in [-0.1, -0.05) is 6.92 Å². The van der Waals surface area contributed by atoms with Crippen LogP contribution in [0.2, 0.25) is 0 Å². The summed E-state index contributed by atoms with van der Waals surface area (Å²) in [5.74, 6) is 0.621. The first-order valence-electron chi connectivity index (χ1n) is 7.30. The number of Topliss-reactive ketones (excluding diaryl/α,β-unsaturated/α-hetero) is 1. The van der Waals surface area contributed by atoms with Gasteiger partial charge in [-0.15, -0.1) is 0 Å². The first kappa shape index (κ1) is 12.9. The summed E-state index contributed by atoms with van der Waals surface area (Å²) < 4.78 is 7.89. The Morgan fingerprint density at radius 3 is 3.05 bits per heavy atom. The first-order chi connectivity index (χ1) is 9.26. The van der Waals surface area contributed by atoms with Gasteiger partial charge < -0.3 is 9.30 Å². The molecule has 1 saturated carbocycles. The molecule has 4 nitrogen and oxygen atoms in total. The fraction of sp³-hybridized carbons (Fsp3) is 0.667. The third-order valence-electron chi connectivity index (χ3n) is 4.07. The molecule has 0 amide bonds. The molecule has 0 spiro atoms.